The number of nitrogens with one attached hydrogen (secondary N) is 1. The van der Waals surface area contributed by atoms with Crippen molar-refractivity contribution in [2.75, 3.05) is 6.54 Å². The molecule has 1 N–H and O–H groups in total. The maximum Gasteiger partial charge on any atom is 0.0704 e. The lowest BCUT2D eigenvalue weighted by Crippen LogP contribution is -2.31. The van der Waals surface area contributed by atoms with Crippen LogP contribution in [0.15, 0.2) is 36.5 Å². The van der Waals surface area contributed by atoms with Gasteiger partial charge in [0.2, 0.25) is 0 Å². The summed E-state index contributed by atoms with van der Waals surface area (Å²) in [6, 6.07) is 11.2. The molecule has 1 heterocycles. The third kappa shape index (κ3) is 4.04. The summed E-state index contributed by atoms with van der Waals surface area (Å²) in [5.41, 5.74) is 2.52. The number of para-hydroxylation sites is 1. The first-order valence-electron chi connectivity index (χ1n) is 7.91. The number of benzene rings is 1. The topological polar surface area (TPSA) is 24.9 Å². The number of nitrogens with zero attached hydrogens (tertiary/aromatic N) is 1. The van der Waals surface area contributed by atoms with Crippen LogP contribution in [0, 0.1) is 0 Å². The van der Waals surface area contributed by atoms with Gasteiger partial charge in [0.1, 0.15) is 0 Å². The first-order chi connectivity index (χ1) is 9.85. The van der Waals surface area contributed by atoms with Crippen molar-refractivity contribution in [3.05, 3.63) is 42.1 Å². The van der Waals surface area contributed by atoms with Crippen LogP contribution in [0.2, 0.25) is 0 Å². The second kappa shape index (κ2) is 8.01. The summed E-state index contributed by atoms with van der Waals surface area (Å²) >= 11 is 0. The number of unbranched alkanes of at least 4 members (excludes halogenated alkanes) is 1. The third-order valence-corrected chi connectivity index (χ3v) is 3.79. The monoisotopic (exact) mass is 270 g/mol. The second-order valence-corrected chi connectivity index (χ2v) is 5.48. The lowest BCUT2D eigenvalue weighted by molar-refractivity contribution is 0.463. The molecule has 0 aliphatic heterocycles. The molecule has 2 heteroatoms. The Morgan fingerprint density at radius 1 is 1.10 bits per heavy atom. The summed E-state index contributed by atoms with van der Waals surface area (Å²) in [7, 11) is 0. The van der Waals surface area contributed by atoms with Gasteiger partial charge in [-0.2, -0.15) is 0 Å². The molecule has 0 saturated heterocycles. The molecule has 1 unspecified atom stereocenters. The normalized spacial score (nSPS) is 12.7. The van der Waals surface area contributed by atoms with Crippen LogP contribution in [-0.2, 0) is 6.42 Å². The SMILES string of the molecule is CCCCC(Cc1ccnc2ccccc12)NCCC. The van der Waals surface area contributed by atoms with Gasteiger partial charge in [0.15, 0.2) is 0 Å². The van der Waals surface area contributed by atoms with Crippen molar-refractivity contribution < 1.29 is 0 Å². The minimum atomic E-state index is 0.584. The molecule has 108 valence electrons. The molecule has 0 radical (unpaired) electrons. The average Bonchev–Trinajstić information content (AvgIpc) is 2.50. The molecule has 2 nitrogen and oxygen atoms in total. The molecule has 2 aromatic rings. The van der Waals surface area contributed by atoms with Crippen molar-refractivity contribution in [3.63, 3.8) is 0 Å². The van der Waals surface area contributed by atoms with E-state index < -0.39 is 0 Å². The van der Waals surface area contributed by atoms with Crippen LogP contribution in [0.4, 0.5) is 0 Å². The Morgan fingerprint density at radius 3 is 2.75 bits per heavy atom. The zero-order valence-electron chi connectivity index (χ0n) is 12.7. The standard InChI is InChI=1S/C18H26N2/c1-3-5-8-16(19-12-4-2)14-15-11-13-20-18-10-7-6-9-17(15)18/h6-7,9-11,13,16,19H,3-5,8,12,14H2,1-2H3. The first-order valence-corrected chi connectivity index (χ1v) is 7.91. The van der Waals surface area contributed by atoms with E-state index in [9.17, 15) is 0 Å². The molecule has 1 aromatic heterocycles. The highest BCUT2D eigenvalue weighted by Gasteiger charge is 2.10. The molecule has 0 amide bonds. The van der Waals surface area contributed by atoms with Crippen molar-refractivity contribution >= 4 is 10.9 Å². The van der Waals surface area contributed by atoms with E-state index in [0.717, 1.165) is 18.5 Å². The summed E-state index contributed by atoms with van der Waals surface area (Å²) in [4.78, 5) is 4.45. The van der Waals surface area contributed by atoms with Gasteiger partial charge in [0.25, 0.3) is 0 Å². The molecule has 0 aliphatic rings. The number of rotatable bonds is 8. The maximum atomic E-state index is 4.45. The van der Waals surface area contributed by atoms with Crippen LogP contribution >= 0.6 is 0 Å². The summed E-state index contributed by atoms with van der Waals surface area (Å²) in [5.74, 6) is 0. The fraction of sp³-hybridized carbons (Fsp3) is 0.500. The van der Waals surface area contributed by atoms with Crippen LogP contribution in [0.5, 0.6) is 0 Å². The van der Waals surface area contributed by atoms with E-state index in [-0.39, 0.29) is 0 Å². The number of pyridine rings is 1. The Kier molecular flexibility index (Phi) is 6.00. The van der Waals surface area contributed by atoms with Gasteiger partial charge in [0.05, 0.1) is 5.52 Å². The highest BCUT2D eigenvalue weighted by Crippen LogP contribution is 2.19. The zero-order valence-corrected chi connectivity index (χ0v) is 12.7. The van der Waals surface area contributed by atoms with Crippen LogP contribution in [-0.4, -0.2) is 17.6 Å². The van der Waals surface area contributed by atoms with E-state index in [1.54, 1.807) is 0 Å². The highest BCUT2D eigenvalue weighted by atomic mass is 14.9. The molecule has 0 saturated carbocycles. The molecule has 0 aliphatic carbocycles. The van der Waals surface area contributed by atoms with E-state index in [0.29, 0.717) is 6.04 Å². The Bertz CT molecular complexity index is 508. The third-order valence-electron chi connectivity index (χ3n) is 3.79. The predicted octanol–water partition coefficient (Wildman–Crippen LogP) is 4.34. The molecule has 1 aromatic carbocycles. The Morgan fingerprint density at radius 2 is 1.95 bits per heavy atom. The molecular weight excluding hydrogens is 244 g/mol. The van der Waals surface area contributed by atoms with Crippen molar-refractivity contribution in [1.29, 1.82) is 0 Å². The fourth-order valence-corrected chi connectivity index (χ4v) is 2.67. The molecule has 1 atom stereocenters. The van der Waals surface area contributed by atoms with Gasteiger partial charge in [-0.15, -0.1) is 0 Å². The highest BCUT2D eigenvalue weighted by molar-refractivity contribution is 5.81. The van der Waals surface area contributed by atoms with Gasteiger partial charge in [-0.1, -0.05) is 44.9 Å². The summed E-state index contributed by atoms with van der Waals surface area (Å²) < 4.78 is 0. The predicted molar refractivity (Wildman–Crippen MR) is 87.1 cm³/mol. The van der Waals surface area contributed by atoms with Crippen molar-refractivity contribution in [1.82, 2.24) is 10.3 Å². The molecule has 0 fully saturated rings. The molecule has 2 rings (SSSR count). The van der Waals surface area contributed by atoms with E-state index >= 15 is 0 Å². The van der Waals surface area contributed by atoms with Crippen LogP contribution < -0.4 is 5.32 Å². The quantitative estimate of drug-likeness (QED) is 0.772. The Balaban J connectivity index is 2.14. The minimum Gasteiger partial charge on any atom is -0.314 e. The lowest BCUT2D eigenvalue weighted by Gasteiger charge is -2.19. The van der Waals surface area contributed by atoms with Crippen LogP contribution in [0.1, 0.15) is 45.1 Å². The smallest absolute Gasteiger partial charge is 0.0704 e. The van der Waals surface area contributed by atoms with Gasteiger partial charge in [-0.3, -0.25) is 4.98 Å². The van der Waals surface area contributed by atoms with Crippen molar-refractivity contribution in [2.24, 2.45) is 0 Å². The van der Waals surface area contributed by atoms with Crippen molar-refractivity contribution in [3.8, 4) is 0 Å². The van der Waals surface area contributed by atoms with Gasteiger partial charge in [-0.25, -0.2) is 0 Å². The fourth-order valence-electron chi connectivity index (χ4n) is 2.67. The molecular formula is C18H26N2. The van der Waals surface area contributed by atoms with Crippen LogP contribution in [0.25, 0.3) is 10.9 Å². The largest absolute Gasteiger partial charge is 0.314 e. The lowest BCUT2D eigenvalue weighted by atomic mass is 9.98. The van der Waals surface area contributed by atoms with Crippen LogP contribution in [0.3, 0.4) is 0 Å². The van der Waals surface area contributed by atoms with Gasteiger partial charge >= 0.3 is 0 Å². The van der Waals surface area contributed by atoms with Gasteiger partial charge in [-0.05, 0) is 43.5 Å². The Hall–Kier alpha value is -1.41. The summed E-state index contributed by atoms with van der Waals surface area (Å²) in [5, 5.41) is 5.00. The molecule has 0 spiro atoms. The van der Waals surface area contributed by atoms with E-state index in [4.69, 9.17) is 0 Å². The summed E-state index contributed by atoms with van der Waals surface area (Å²) in [6.07, 6.45) is 8.05. The molecule has 0 bridgehead atoms. The minimum absolute atomic E-state index is 0.584. The Labute approximate surface area is 122 Å². The van der Waals surface area contributed by atoms with Gasteiger partial charge in [0, 0.05) is 17.6 Å². The average molecular weight is 270 g/mol. The number of hydrogen-bond donors (Lipinski definition) is 1. The van der Waals surface area contributed by atoms with E-state index in [2.05, 4.69) is 54.5 Å². The molecule has 20 heavy (non-hydrogen) atoms. The second-order valence-electron chi connectivity index (χ2n) is 5.48. The first kappa shape index (κ1) is 15.0. The van der Waals surface area contributed by atoms with Gasteiger partial charge < -0.3 is 5.32 Å². The summed E-state index contributed by atoms with van der Waals surface area (Å²) in [6.45, 7) is 5.60. The van der Waals surface area contributed by atoms with E-state index in [1.807, 2.05) is 6.20 Å². The van der Waals surface area contributed by atoms with Crippen molar-refractivity contribution in [2.45, 2.75) is 52.0 Å². The number of hydrogen-bond acceptors (Lipinski definition) is 2. The number of fused-ring (bicyclic) bond motifs is 1. The maximum absolute atomic E-state index is 4.45. The van der Waals surface area contributed by atoms with E-state index in [1.165, 1.54) is 36.6 Å². The zero-order chi connectivity index (χ0) is 14.2. The number of aromatic nitrogens is 1.